The Labute approximate surface area is 353 Å². The molecule has 1 aliphatic rings. The Kier molecular flexibility index (Phi) is 7.31. The highest BCUT2D eigenvalue weighted by atomic mass is 15.2. The molecule has 0 spiro atoms. The highest BCUT2D eigenvalue weighted by Gasteiger charge is 2.29. The Morgan fingerprint density at radius 1 is 0.279 bits per heavy atom. The normalized spacial score (nSPS) is 12.2. The van der Waals surface area contributed by atoms with Crippen LogP contribution in [0.4, 0.5) is 17.1 Å². The Morgan fingerprint density at radius 2 is 0.852 bits per heavy atom. The van der Waals surface area contributed by atoms with E-state index in [-0.39, 0.29) is 0 Å². The fourth-order valence-electron chi connectivity index (χ4n) is 10.2. The van der Waals surface area contributed by atoms with Crippen LogP contribution in [0.3, 0.4) is 0 Å². The lowest BCUT2D eigenvalue weighted by Crippen LogP contribution is -2.11. The van der Waals surface area contributed by atoms with Crippen molar-refractivity contribution in [2.45, 2.75) is 0 Å². The predicted molar refractivity (Wildman–Crippen MR) is 257 cm³/mol. The van der Waals surface area contributed by atoms with E-state index in [2.05, 4.69) is 238 Å². The van der Waals surface area contributed by atoms with Crippen LogP contribution in [0.2, 0.25) is 0 Å². The molecular weight excluding hydrogens is 739 g/mol. The van der Waals surface area contributed by atoms with Gasteiger partial charge in [0.25, 0.3) is 0 Å². The van der Waals surface area contributed by atoms with Gasteiger partial charge >= 0.3 is 0 Å². The molecule has 12 aromatic rings. The van der Waals surface area contributed by atoms with E-state index in [1.165, 1.54) is 87.8 Å². The molecule has 0 unspecified atom stereocenters. The van der Waals surface area contributed by atoms with Gasteiger partial charge in [-0.1, -0.05) is 152 Å². The van der Waals surface area contributed by atoms with Crippen molar-refractivity contribution >= 4 is 71.4 Å². The molecule has 0 N–H and O–H groups in total. The molecule has 0 bridgehead atoms. The van der Waals surface area contributed by atoms with Gasteiger partial charge in [-0.3, -0.25) is 0 Å². The monoisotopic (exact) mass is 775 g/mol. The molecule has 0 aliphatic carbocycles. The van der Waals surface area contributed by atoms with Crippen LogP contribution in [-0.4, -0.2) is 9.13 Å². The molecule has 10 aromatic carbocycles. The first-order chi connectivity index (χ1) is 30.3. The Bertz CT molecular complexity index is 3700. The van der Waals surface area contributed by atoms with E-state index in [0.29, 0.717) is 0 Å². The number of fused-ring (bicyclic) bond motifs is 13. The molecule has 3 heteroatoms. The molecule has 3 heterocycles. The van der Waals surface area contributed by atoms with Crippen LogP contribution in [0.5, 0.6) is 0 Å². The number of hydrogen-bond acceptors (Lipinski definition) is 1. The summed E-state index contributed by atoms with van der Waals surface area (Å²) in [6, 6.07) is 82.4. The standard InChI is InChI=1S/C58H37N3/c1-3-17-41(18-4-1)59-50-25-12-10-23-45(50)49-36-39(32-35-53(49)59)40-31-34-48-56(37-40)60(42-19-5-2-6-20-42)54-28-15-29-55(58(48)54)61-51-26-13-9-22-44(51)46-33-30-38-16-7-8-21-43(38)57(46)47-24-11-14-27-52(47)61/h1-37H. The van der Waals surface area contributed by atoms with E-state index in [1.54, 1.807) is 0 Å². The van der Waals surface area contributed by atoms with Gasteiger partial charge in [0.1, 0.15) is 0 Å². The number of benzene rings is 10. The van der Waals surface area contributed by atoms with Crippen molar-refractivity contribution < 1.29 is 0 Å². The van der Waals surface area contributed by atoms with E-state index < -0.39 is 0 Å². The summed E-state index contributed by atoms with van der Waals surface area (Å²) >= 11 is 0. The SMILES string of the molecule is c1ccc(-n2c3ccccc3c3cc(-c4ccc5c6c(N7c8ccccc8-c8ccc9ccccc9c8-c8ccccc87)cccc6n(-c6ccccc6)c5c4)ccc32)cc1. The second-order valence-electron chi connectivity index (χ2n) is 16.1. The topological polar surface area (TPSA) is 13.1 Å². The number of hydrogen-bond donors (Lipinski definition) is 0. The summed E-state index contributed by atoms with van der Waals surface area (Å²) in [5, 5.41) is 7.43. The summed E-state index contributed by atoms with van der Waals surface area (Å²) in [5.41, 5.74) is 17.9. The Hall–Kier alpha value is -8.14. The van der Waals surface area contributed by atoms with Crippen LogP contribution < -0.4 is 4.90 Å². The van der Waals surface area contributed by atoms with Crippen LogP contribution in [0, 0.1) is 0 Å². The van der Waals surface area contributed by atoms with Crippen molar-refractivity contribution in [3.63, 3.8) is 0 Å². The Balaban J connectivity index is 1.07. The van der Waals surface area contributed by atoms with Crippen molar-refractivity contribution in [3.8, 4) is 44.8 Å². The maximum Gasteiger partial charge on any atom is 0.0562 e. The lowest BCUT2D eigenvalue weighted by atomic mass is 9.90. The zero-order valence-electron chi connectivity index (χ0n) is 33.2. The van der Waals surface area contributed by atoms with Gasteiger partial charge in [-0.15, -0.1) is 0 Å². The average molecular weight is 776 g/mol. The van der Waals surface area contributed by atoms with Crippen molar-refractivity contribution in [3.05, 3.63) is 224 Å². The molecular formula is C58H37N3. The number of anilines is 3. The third-order valence-electron chi connectivity index (χ3n) is 12.8. The van der Waals surface area contributed by atoms with Crippen molar-refractivity contribution in [2.24, 2.45) is 0 Å². The van der Waals surface area contributed by atoms with Crippen molar-refractivity contribution in [2.75, 3.05) is 4.90 Å². The summed E-state index contributed by atoms with van der Waals surface area (Å²) in [4.78, 5) is 2.51. The molecule has 1 aliphatic heterocycles. The predicted octanol–water partition coefficient (Wildman–Crippen LogP) is 15.8. The minimum Gasteiger partial charge on any atom is -0.309 e. The molecule has 61 heavy (non-hydrogen) atoms. The maximum absolute atomic E-state index is 2.51. The van der Waals surface area contributed by atoms with E-state index in [9.17, 15) is 0 Å². The van der Waals surface area contributed by atoms with Gasteiger partial charge < -0.3 is 14.0 Å². The van der Waals surface area contributed by atoms with E-state index in [1.807, 2.05) is 0 Å². The van der Waals surface area contributed by atoms with Crippen LogP contribution in [0.25, 0.3) is 99.1 Å². The number of nitrogens with zero attached hydrogens (tertiary/aromatic N) is 3. The molecule has 0 radical (unpaired) electrons. The number of aromatic nitrogens is 2. The highest BCUT2D eigenvalue weighted by Crippen LogP contribution is 2.54. The fraction of sp³-hybridized carbons (Fsp3) is 0. The molecule has 13 rings (SSSR count). The summed E-state index contributed by atoms with van der Waals surface area (Å²) < 4.78 is 4.84. The van der Waals surface area contributed by atoms with Gasteiger partial charge in [0.2, 0.25) is 0 Å². The first kappa shape index (κ1) is 33.8. The second-order valence-corrected chi connectivity index (χ2v) is 16.1. The molecule has 3 nitrogen and oxygen atoms in total. The zero-order valence-corrected chi connectivity index (χ0v) is 33.2. The van der Waals surface area contributed by atoms with Gasteiger partial charge in [-0.2, -0.15) is 0 Å². The van der Waals surface area contributed by atoms with Crippen molar-refractivity contribution in [1.82, 2.24) is 9.13 Å². The lowest BCUT2D eigenvalue weighted by molar-refractivity contribution is 1.18. The smallest absolute Gasteiger partial charge is 0.0562 e. The molecule has 0 atom stereocenters. The van der Waals surface area contributed by atoms with E-state index in [4.69, 9.17) is 0 Å². The molecule has 2 aromatic heterocycles. The van der Waals surface area contributed by atoms with Crippen LogP contribution in [0.15, 0.2) is 224 Å². The molecule has 0 amide bonds. The minimum absolute atomic E-state index is 1.13. The zero-order chi connectivity index (χ0) is 40.0. The van der Waals surface area contributed by atoms with Crippen LogP contribution in [-0.2, 0) is 0 Å². The van der Waals surface area contributed by atoms with E-state index >= 15 is 0 Å². The molecule has 284 valence electrons. The number of para-hydroxylation sites is 5. The maximum atomic E-state index is 2.51. The summed E-state index contributed by atoms with van der Waals surface area (Å²) in [7, 11) is 0. The van der Waals surface area contributed by atoms with Gasteiger partial charge in [0.15, 0.2) is 0 Å². The van der Waals surface area contributed by atoms with Crippen LogP contribution >= 0.6 is 0 Å². The third-order valence-corrected chi connectivity index (χ3v) is 12.8. The van der Waals surface area contributed by atoms with Gasteiger partial charge in [0, 0.05) is 44.0 Å². The molecule has 0 saturated heterocycles. The largest absolute Gasteiger partial charge is 0.309 e. The lowest BCUT2D eigenvalue weighted by Gasteiger charge is -2.28. The van der Waals surface area contributed by atoms with Crippen LogP contribution in [0.1, 0.15) is 0 Å². The highest BCUT2D eigenvalue weighted by molar-refractivity contribution is 6.20. The Morgan fingerprint density at radius 3 is 1.66 bits per heavy atom. The molecule has 0 saturated carbocycles. The summed E-state index contributed by atoms with van der Waals surface area (Å²) in [6.45, 7) is 0. The fourth-order valence-corrected chi connectivity index (χ4v) is 10.2. The van der Waals surface area contributed by atoms with Gasteiger partial charge in [-0.05, 0) is 106 Å². The summed E-state index contributed by atoms with van der Waals surface area (Å²) in [6.07, 6.45) is 0. The average Bonchev–Trinajstić information content (AvgIpc) is 3.80. The number of rotatable bonds is 4. The van der Waals surface area contributed by atoms with E-state index in [0.717, 1.165) is 28.4 Å². The summed E-state index contributed by atoms with van der Waals surface area (Å²) in [5.74, 6) is 0. The van der Waals surface area contributed by atoms with Crippen molar-refractivity contribution in [1.29, 1.82) is 0 Å². The quantitative estimate of drug-likeness (QED) is 0.174. The third kappa shape index (κ3) is 4.98. The van der Waals surface area contributed by atoms with Gasteiger partial charge in [0.05, 0.1) is 39.1 Å². The first-order valence-electron chi connectivity index (χ1n) is 21.0. The second kappa shape index (κ2) is 13.2. The first-order valence-corrected chi connectivity index (χ1v) is 21.0. The van der Waals surface area contributed by atoms with Gasteiger partial charge in [-0.25, -0.2) is 0 Å². The molecule has 0 fully saturated rings. The minimum atomic E-state index is 1.13.